The molecule has 2 heterocycles. The summed E-state index contributed by atoms with van der Waals surface area (Å²) in [7, 11) is 0. The Bertz CT molecular complexity index is 4160. The van der Waals surface area contributed by atoms with Crippen LogP contribution in [0.2, 0.25) is 0 Å². The maximum absolute atomic E-state index is 2.43. The Balaban J connectivity index is 0.984. The summed E-state index contributed by atoms with van der Waals surface area (Å²) in [6.45, 7) is 0. The van der Waals surface area contributed by atoms with Crippen molar-refractivity contribution in [2.45, 2.75) is 0 Å². The van der Waals surface area contributed by atoms with E-state index in [1.165, 1.54) is 47.5 Å². The number of aromatic nitrogens is 1. The Labute approximate surface area is 452 Å². The van der Waals surface area contributed by atoms with Crippen molar-refractivity contribution in [2.75, 3.05) is 14.7 Å². The van der Waals surface area contributed by atoms with Crippen molar-refractivity contribution in [3.8, 4) is 27.9 Å². The predicted molar refractivity (Wildman–Crippen MR) is 329 cm³/mol. The number of anilines is 9. The van der Waals surface area contributed by atoms with Gasteiger partial charge in [-0.1, -0.05) is 152 Å². The van der Waals surface area contributed by atoms with E-state index in [-0.39, 0.29) is 0 Å². The Morgan fingerprint density at radius 3 is 1.21 bits per heavy atom. The second kappa shape index (κ2) is 19.7. The zero-order valence-corrected chi connectivity index (χ0v) is 42.9. The molecule has 4 nitrogen and oxygen atoms in total. The zero-order valence-electron chi connectivity index (χ0n) is 42.1. The summed E-state index contributed by atoms with van der Waals surface area (Å²) in [4.78, 5) is 7.07. The van der Waals surface area contributed by atoms with E-state index in [9.17, 15) is 0 Å². The molecule has 0 aliphatic rings. The molecule has 0 unspecified atom stereocenters. The number of hydrogen-bond donors (Lipinski definition) is 0. The standard InChI is InChI=1S/C72H50N4S/c1-6-21-54(22-7-1)73(55-23-8-2-9-24-55)59-38-42-61(43-39-59)75(62-44-40-60(41-45-62)74(56-25-10-3-11-26-56)57-27-12-4-13-28-57)63-48-52(47-53(49-63)64-33-20-34-67-66-32-17-19-36-71(66)77-72(64)67)51-37-46-70-68(50-51)65-31-16-18-35-69(65)76(70)58-29-14-5-15-30-58/h1-50H. The summed E-state index contributed by atoms with van der Waals surface area (Å²) in [6, 6.07) is 110. The fourth-order valence-corrected chi connectivity index (χ4v) is 12.4. The van der Waals surface area contributed by atoms with Crippen molar-refractivity contribution in [1.29, 1.82) is 0 Å². The lowest BCUT2D eigenvalue weighted by Gasteiger charge is -2.30. The molecule has 14 rings (SSSR count). The van der Waals surface area contributed by atoms with Gasteiger partial charge < -0.3 is 19.3 Å². The van der Waals surface area contributed by atoms with Crippen molar-refractivity contribution < 1.29 is 0 Å². The van der Waals surface area contributed by atoms with Crippen molar-refractivity contribution in [1.82, 2.24) is 4.57 Å². The molecule has 2 aromatic heterocycles. The fourth-order valence-electron chi connectivity index (χ4n) is 11.2. The zero-order chi connectivity index (χ0) is 51.1. The normalized spacial score (nSPS) is 11.4. The molecule has 0 amide bonds. The van der Waals surface area contributed by atoms with E-state index in [1.807, 2.05) is 11.3 Å². The largest absolute Gasteiger partial charge is 0.311 e. The maximum atomic E-state index is 2.43. The van der Waals surface area contributed by atoms with Crippen LogP contribution < -0.4 is 14.7 Å². The summed E-state index contributed by atoms with van der Waals surface area (Å²) >= 11 is 1.87. The molecule has 0 saturated carbocycles. The third-order valence-electron chi connectivity index (χ3n) is 14.7. The first-order chi connectivity index (χ1) is 38.2. The summed E-state index contributed by atoms with van der Waals surface area (Å²) in [5.74, 6) is 0. The molecule has 12 aromatic carbocycles. The van der Waals surface area contributed by atoms with Crippen molar-refractivity contribution >= 4 is 105 Å². The first-order valence-electron chi connectivity index (χ1n) is 26.2. The van der Waals surface area contributed by atoms with Crippen molar-refractivity contribution in [3.63, 3.8) is 0 Å². The highest BCUT2D eigenvalue weighted by atomic mass is 32.1. The van der Waals surface area contributed by atoms with Gasteiger partial charge in [-0.3, -0.25) is 0 Å². The number of rotatable bonds is 12. The molecule has 0 N–H and O–H groups in total. The highest BCUT2D eigenvalue weighted by Gasteiger charge is 2.22. The Kier molecular flexibility index (Phi) is 11.7. The minimum Gasteiger partial charge on any atom is -0.311 e. The van der Waals surface area contributed by atoms with E-state index in [0.29, 0.717) is 0 Å². The van der Waals surface area contributed by atoms with Crippen LogP contribution in [0, 0.1) is 0 Å². The van der Waals surface area contributed by atoms with Crippen LogP contribution in [0.1, 0.15) is 0 Å². The number of hydrogen-bond acceptors (Lipinski definition) is 4. The molecule has 5 heteroatoms. The van der Waals surface area contributed by atoms with Gasteiger partial charge in [0.2, 0.25) is 0 Å². The average molecular weight is 1000 g/mol. The van der Waals surface area contributed by atoms with Crippen LogP contribution in [0.4, 0.5) is 51.2 Å². The minimum absolute atomic E-state index is 1.04. The fraction of sp³-hybridized carbons (Fsp3) is 0. The van der Waals surface area contributed by atoms with Crippen LogP contribution in [-0.4, -0.2) is 4.57 Å². The number of benzene rings is 12. The topological polar surface area (TPSA) is 14.7 Å². The third-order valence-corrected chi connectivity index (χ3v) is 15.9. The molecule has 0 aliphatic heterocycles. The molecule has 0 bridgehead atoms. The molecule has 0 spiro atoms. The molecular formula is C72H50N4S. The van der Waals surface area contributed by atoms with Gasteiger partial charge in [0.05, 0.1) is 11.0 Å². The van der Waals surface area contributed by atoms with Crippen LogP contribution in [0.5, 0.6) is 0 Å². The highest BCUT2D eigenvalue weighted by Crippen LogP contribution is 2.47. The molecule has 0 aliphatic carbocycles. The molecule has 77 heavy (non-hydrogen) atoms. The average Bonchev–Trinajstić information content (AvgIpc) is 4.09. The van der Waals surface area contributed by atoms with Gasteiger partial charge in [0.25, 0.3) is 0 Å². The SMILES string of the molecule is c1ccc(N(c2ccccc2)c2ccc(N(c3ccc(N(c4ccccc4)c4ccccc4)cc3)c3cc(-c4ccc5c(c4)c4ccccc4n5-c4ccccc4)cc(-c4cccc5c4sc4ccccc45)c3)cc2)cc1. The Morgan fingerprint density at radius 1 is 0.247 bits per heavy atom. The Hall–Kier alpha value is -9.94. The van der Waals surface area contributed by atoms with E-state index in [4.69, 9.17) is 0 Å². The smallest absolute Gasteiger partial charge is 0.0541 e. The van der Waals surface area contributed by atoms with E-state index < -0.39 is 0 Å². The Morgan fingerprint density at radius 2 is 0.662 bits per heavy atom. The van der Waals surface area contributed by atoms with Crippen molar-refractivity contribution in [3.05, 3.63) is 303 Å². The van der Waals surface area contributed by atoms with Gasteiger partial charge >= 0.3 is 0 Å². The van der Waals surface area contributed by atoms with Gasteiger partial charge in [-0.05, 0) is 174 Å². The second-order valence-electron chi connectivity index (χ2n) is 19.4. The molecule has 0 fully saturated rings. The van der Waals surface area contributed by atoms with Gasteiger partial charge in [-0.15, -0.1) is 11.3 Å². The molecule has 0 atom stereocenters. The lowest BCUT2D eigenvalue weighted by atomic mass is 9.95. The van der Waals surface area contributed by atoms with Crippen LogP contribution in [0.3, 0.4) is 0 Å². The number of nitrogens with zero attached hydrogens (tertiary/aromatic N) is 4. The maximum Gasteiger partial charge on any atom is 0.0541 e. The molecule has 14 aromatic rings. The van der Waals surface area contributed by atoms with Crippen LogP contribution in [-0.2, 0) is 0 Å². The van der Waals surface area contributed by atoms with Crippen molar-refractivity contribution in [2.24, 2.45) is 0 Å². The lowest BCUT2D eigenvalue weighted by molar-refractivity contribution is 1.18. The summed E-state index contributed by atoms with van der Waals surface area (Å²) < 4.78 is 4.96. The van der Waals surface area contributed by atoms with Gasteiger partial charge in [0.15, 0.2) is 0 Å². The van der Waals surface area contributed by atoms with E-state index in [1.54, 1.807) is 0 Å². The van der Waals surface area contributed by atoms with Crippen LogP contribution in [0.15, 0.2) is 303 Å². The summed E-state index contributed by atoms with van der Waals surface area (Å²) in [6.07, 6.45) is 0. The van der Waals surface area contributed by atoms with Crippen LogP contribution >= 0.6 is 11.3 Å². The summed E-state index contributed by atoms with van der Waals surface area (Å²) in [5, 5.41) is 5.00. The number of para-hydroxylation sites is 6. The predicted octanol–water partition coefficient (Wildman–Crippen LogP) is 20.9. The third kappa shape index (κ3) is 8.46. The molecular weight excluding hydrogens is 953 g/mol. The molecule has 0 radical (unpaired) electrons. The van der Waals surface area contributed by atoms with Gasteiger partial charge in [0, 0.05) is 87.8 Å². The first kappa shape index (κ1) is 45.7. The minimum atomic E-state index is 1.04. The van der Waals surface area contributed by atoms with E-state index in [0.717, 1.165) is 73.6 Å². The quantitative estimate of drug-likeness (QED) is 0.121. The highest BCUT2D eigenvalue weighted by molar-refractivity contribution is 7.26. The van der Waals surface area contributed by atoms with Gasteiger partial charge in [-0.25, -0.2) is 0 Å². The molecule has 0 saturated heterocycles. The van der Waals surface area contributed by atoms with Gasteiger partial charge in [0.1, 0.15) is 0 Å². The van der Waals surface area contributed by atoms with E-state index in [2.05, 4.69) is 323 Å². The van der Waals surface area contributed by atoms with E-state index >= 15 is 0 Å². The number of thiophene rings is 1. The van der Waals surface area contributed by atoms with Crippen LogP contribution in [0.25, 0.3) is 69.9 Å². The molecule has 364 valence electrons. The number of fused-ring (bicyclic) bond motifs is 6. The van der Waals surface area contributed by atoms with Gasteiger partial charge in [-0.2, -0.15) is 0 Å². The second-order valence-corrected chi connectivity index (χ2v) is 20.4. The lowest BCUT2D eigenvalue weighted by Crippen LogP contribution is -2.13. The monoisotopic (exact) mass is 1000 g/mol. The summed E-state index contributed by atoms with van der Waals surface area (Å²) in [5.41, 5.74) is 17.8. The first-order valence-corrected chi connectivity index (χ1v) is 27.0.